The monoisotopic (exact) mass is 590 g/mol. The van der Waals surface area contributed by atoms with Gasteiger partial charge in [0.15, 0.2) is 0 Å². The SMILES string of the molecule is NS(=O)(=O)c1ccc(Cc2c(-c3cccc(Br)c3)nn(-c3nc(B(O)O)cs3)c2CC2CC2)cc1F. The molecule has 4 N–H and O–H groups in total. The molecule has 0 spiro atoms. The summed E-state index contributed by atoms with van der Waals surface area (Å²) in [6.45, 7) is 0. The van der Waals surface area contributed by atoms with Gasteiger partial charge in [-0.3, -0.25) is 0 Å². The van der Waals surface area contributed by atoms with Crippen LogP contribution in [0.3, 0.4) is 0 Å². The van der Waals surface area contributed by atoms with E-state index in [1.807, 2.05) is 24.3 Å². The normalized spacial score (nSPS) is 13.8. The first-order valence-electron chi connectivity index (χ1n) is 11.1. The van der Waals surface area contributed by atoms with Crippen molar-refractivity contribution in [3.63, 3.8) is 0 Å². The molecule has 13 heteroatoms. The molecule has 2 aromatic carbocycles. The fraction of sp³-hybridized carbons (Fsp3) is 0.217. The molecule has 2 aromatic heterocycles. The summed E-state index contributed by atoms with van der Waals surface area (Å²) in [6.07, 6.45) is 3.21. The molecule has 4 aromatic rings. The largest absolute Gasteiger partial charge is 0.509 e. The van der Waals surface area contributed by atoms with E-state index in [1.54, 1.807) is 16.1 Å². The third kappa shape index (κ3) is 5.31. The summed E-state index contributed by atoms with van der Waals surface area (Å²) in [7, 11) is -5.87. The first-order valence-corrected chi connectivity index (χ1v) is 14.3. The Bertz CT molecular complexity index is 1550. The summed E-state index contributed by atoms with van der Waals surface area (Å²) < 4.78 is 40.6. The molecule has 0 atom stereocenters. The van der Waals surface area contributed by atoms with Crippen LogP contribution >= 0.6 is 27.3 Å². The molecule has 1 fully saturated rings. The number of hydrogen-bond acceptors (Lipinski definition) is 7. The van der Waals surface area contributed by atoms with E-state index < -0.39 is 27.9 Å². The Balaban J connectivity index is 1.67. The fourth-order valence-corrected chi connectivity index (χ4v) is 5.88. The molecule has 1 aliphatic rings. The summed E-state index contributed by atoms with van der Waals surface area (Å²) in [5, 5.41) is 31.2. The van der Waals surface area contributed by atoms with Gasteiger partial charge in [0.2, 0.25) is 15.2 Å². The standard InChI is InChI=1S/C23H21BBrFN4O4S2/c25-16-3-1-2-15(11-16)22-17(8-14-6-7-20(18(26)9-14)36(27,33)34)19(10-13-4-5-13)30(29-22)23-28-21(12-35-23)24(31)32/h1-3,6-7,9,11-13,31-32H,4-5,8,10H2,(H2,27,33,34). The molecule has 2 heterocycles. The Morgan fingerprint density at radius 1 is 1.22 bits per heavy atom. The third-order valence-electron chi connectivity index (χ3n) is 6.01. The molecule has 1 aliphatic carbocycles. The van der Waals surface area contributed by atoms with E-state index in [2.05, 4.69) is 20.9 Å². The van der Waals surface area contributed by atoms with Crippen LogP contribution in [0.4, 0.5) is 4.39 Å². The lowest BCUT2D eigenvalue weighted by atomic mass is 9.88. The minimum absolute atomic E-state index is 0.133. The second kappa shape index (κ2) is 9.80. The lowest BCUT2D eigenvalue weighted by molar-refractivity contribution is 0.424. The van der Waals surface area contributed by atoms with Crippen LogP contribution in [0.5, 0.6) is 0 Å². The maximum atomic E-state index is 14.7. The van der Waals surface area contributed by atoms with Gasteiger partial charge in [-0.25, -0.2) is 27.6 Å². The average molecular weight is 591 g/mol. The maximum absolute atomic E-state index is 14.7. The number of primary sulfonamides is 1. The molecule has 0 aliphatic heterocycles. The number of thiazole rings is 1. The fourth-order valence-electron chi connectivity index (χ4n) is 4.08. The molecular weight excluding hydrogens is 570 g/mol. The van der Waals surface area contributed by atoms with Gasteiger partial charge in [-0.1, -0.05) is 34.1 Å². The Morgan fingerprint density at radius 2 is 2.00 bits per heavy atom. The maximum Gasteiger partial charge on any atom is 0.509 e. The van der Waals surface area contributed by atoms with Gasteiger partial charge in [0.05, 0.1) is 17.0 Å². The summed E-state index contributed by atoms with van der Waals surface area (Å²) >= 11 is 4.75. The minimum atomic E-state index is -4.18. The average Bonchev–Trinajstić information content (AvgIpc) is 3.36. The quantitative estimate of drug-likeness (QED) is 0.270. The van der Waals surface area contributed by atoms with E-state index in [9.17, 15) is 22.9 Å². The van der Waals surface area contributed by atoms with Crippen LogP contribution in [-0.2, 0) is 22.9 Å². The Morgan fingerprint density at radius 3 is 2.61 bits per heavy atom. The zero-order chi connectivity index (χ0) is 25.6. The lowest BCUT2D eigenvalue weighted by Crippen LogP contribution is -2.30. The number of aromatic nitrogens is 3. The second-order valence-corrected chi connectivity index (χ2v) is 12.0. The number of halogens is 2. The first-order chi connectivity index (χ1) is 17.1. The van der Waals surface area contributed by atoms with Crippen molar-refractivity contribution in [1.29, 1.82) is 0 Å². The number of nitrogens with zero attached hydrogens (tertiary/aromatic N) is 3. The van der Waals surface area contributed by atoms with Crippen molar-refractivity contribution >= 4 is 50.0 Å². The second-order valence-electron chi connectivity index (χ2n) is 8.76. The molecule has 0 bridgehead atoms. The van der Waals surface area contributed by atoms with Crippen LogP contribution in [0, 0.1) is 11.7 Å². The molecule has 186 valence electrons. The van der Waals surface area contributed by atoms with Crippen LogP contribution in [-0.4, -0.2) is 40.3 Å². The summed E-state index contributed by atoms with van der Waals surface area (Å²) in [6, 6.07) is 11.6. The molecule has 0 unspecified atom stereocenters. The highest BCUT2D eigenvalue weighted by atomic mass is 79.9. The van der Waals surface area contributed by atoms with Crippen LogP contribution in [0.25, 0.3) is 16.4 Å². The first kappa shape index (κ1) is 25.2. The highest BCUT2D eigenvalue weighted by Gasteiger charge is 2.30. The van der Waals surface area contributed by atoms with Crippen molar-refractivity contribution < 1.29 is 22.9 Å². The zero-order valence-electron chi connectivity index (χ0n) is 18.8. The van der Waals surface area contributed by atoms with E-state index in [-0.39, 0.29) is 5.59 Å². The molecular formula is C23H21BBrFN4O4S2. The molecule has 8 nitrogen and oxygen atoms in total. The molecule has 36 heavy (non-hydrogen) atoms. The van der Waals surface area contributed by atoms with Crippen LogP contribution in [0.1, 0.15) is 29.7 Å². The molecule has 1 saturated carbocycles. The predicted molar refractivity (Wildman–Crippen MR) is 139 cm³/mol. The van der Waals surface area contributed by atoms with E-state index in [1.165, 1.54) is 23.5 Å². The summed E-state index contributed by atoms with van der Waals surface area (Å²) in [5.41, 5.74) is 3.99. The van der Waals surface area contributed by atoms with Gasteiger partial charge < -0.3 is 10.0 Å². The topological polar surface area (TPSA) is 131 Å². The number of hydrogen-bond donors (Lipinski definition) is 3. The summed E-state index contributed by atoms with van der Waals surface area (Å²) in [4.78, 5) is 3.81. The van der Waals surface area contributed by atoms with Gasteiger partial charge in [-0.05, 0) is 55.0 Å². The van der Waals surface area contributed by atoms with Crippen molar-refractivity contribution in [2.75, 3.05) is 0 Å². The summed E-state index contributed by atoms with van der Waals surface area (Å²) in [5.74, 6) is -0.421. The zero-order valence-corrected chi connectivity index (χ0v) is 22.0. The van der Waals surface area contributed by atoms with Gasteiger partial charge in [-0.2, -0.15) is 5.10 Å². The van der Waals surface area contributed by atoms with Crippen molar-refractivity contribution in [1.82, 2.24) is 14.8 Å². The van der Waals surface area contributed by atoms with Crippen molar-refractivity contribution in [2.45, 2.75) is 30.6 Å². The van der Waals surface area contributed by atoms with Crippen molar-refractivity contribution in [2.24, 2.45) is 11.1 Å². The number of rotatable bonds is 8. The molecule has 0 amide bonds. The van der Waals surface area contributed by atoms with E-state index >= 15 is 0 Å². The molecule has 0 saturated heterocycles. The van der Waals surface area contributed by atoms with E-state index in [0.29, 0.717) is 28.7 Å². The van der Waals surface area contributed by atoms with Gasteiger partial charge in [0.25, 0.3) is 0 Å². The van der Waals surface area contributed by atoms with Crippen molar-refractivity contribution in [3.05, 3.63) is 75.0 Å². The van der Waals surface area contributed by atoms with E-state index in [0.717, 1.165) is 40.6 Å². The van der Waals surface area contributed by atoms with Crippen LogP contribution < -0.4 is 10.7 Å². The van der Waals surface area contributed by atoms with Gasteiger partial charge in [0, 0.05) is 27.4 Å². The smallest absolute Gasteiger partial charge is 0.422 e. The number of nitrogens with two attached hydrogens (primary N) is 1. The molecule has 0 radical (unpaired) electrons. The van der Waals surface area contributed by atoms with Crippen LogP contribution in [0.2, 0.25) is 0 Å². The van der Waals surface area contributed by atoms with Gasteiger partial charge in [-0.15, -0.1) is 11.3 Å². The lowest BCUT2D eigenvalue weighted by Gasteiger charge is -2.10. The van der Waals surface area contributed by atoms with Gasteiger partial charge in [0.1, 0.15) is 10.7 Å². The Kier molecular flexibility index (Phi) is 6.87. The van der Waals surface area contributed by atoms with E-state index in [4.69, 9.17) is 10.2 Å². The number of benzene rings is 2. The number of sulfonamides is 1. The molecule has 5 rings (SSSR count). The van der Waals surface area contributed by atoms with Gasteiger partial charge >= 0.3 is 7.12 Å². The highest BCUT2D eigenvalue weighted by molar-refractivity contribution is 9.10. The Labute approximate surface area is 220 Å². The van der Waals surface area contributed by atoms with Crippen LogP contribution in [0.15, 0.2) is 57.2 Å². The highest BCUT2D eigenvalue weighted by Crippen LogP contribution is 2.38. The van der Waals surface area contributed by atoms with Crippen molar-refractivity contribution in [3.8, 4) is 16.4 Å². The third-order valence-corrected chi connectivity index (χ3v) is 8.28. The Hall–Kier alpha value is -2.42. The minimum Gasteiger partial charge on any atom is -0.422 e. The predicted octanol–water partition coefficient (Wildman–Crippen LogP) is 2.77.